The molecule has 2 aromatic rings. The Bertz CT molecular complexity index is 656. The van der Waals surface area contributed by atoms with E-state index in [1.54, 1.807) is 12.3 Å². The number of anilines is 1. The largest absolute Gasteiger partial charge is 0.478 e. The average molecular weight is 283 g/mol. The fourth-order valence-corrected chi connectivity index (χ4v) is 2.62. The summed E-state index contributed by atoms with van der Waals surface area (Å²) in [4.78, 5) is 20.1. The molecule has 0 bridgehead atoms. The second-order valence-corrected chi connectivity index (χ2v) is 5.15. The van der Waals surface area contributed by atoms with Gasteiger partial charge in [-0.15, -0.1) is 0 Å². The molecule has 0 amide bonds. The molecule has 108 valence electrons. The number of nitrogens with one attached hydrogen (secondary N) is 1. The van der Waals surface area contributed by atoms with E-state index in [1.165, 1.54) is 0 Å². The predicted octanol–water partition coefficient (Wildman–Crippen LogP) is 2.32. The van der Waals surface area contributed by atoms with Gasteiger partial charge in [0.25, 0.3) is 0 Å². The fourth-order valence-electron chi connectivity index (χ4n) is 2.62. The minimum atomic E-state index is -0.933. The Labute approximate surface area is 123 Å². The van der Waals surface area contributed by atoms with Gasteiger partial charge in [0.2, 0.25) is 0 Å². The summed E-state index contributed by atoms with van der Waals surface area (Å²) in [7, 11) is 0. The van der Waals surface area contributed by atoms with Gasteiger partial charge in [0.05, 0.1) is 0 Å². The number of fused-ring (bicyclic) bond motifs is 1. The number of aromatic carboxylic acids is 1. The van der Waals surface area contributed by atoms with Crippen molar-refractivity contribution in [3.05, 3.63) is 53.0 Å². The second kappa shape index (κ2) is 5.91. The summed E-state index contributed by atoms with van der Waals surface area (Å²) in [6.07, 6.45) is 5.41. The van der Waals surface area contributed by atoms with E-state index in [2.05, 4.69) is 15.3 Å². The molecule has 5 nitrogen and oxygen atoms in total. The second-order valence-electron chi connectivity index (χ2n) is 5.15. The number of pyridine rings is 2. The molecule has 2 N–H and O–H groups in total. The Balaban J connectivity index is 1.74. The molecular formula is C16H17N3O2. The number of hydrogen-bond acceptors (Lipinski definition) is 4. The van der Waals surface area contributed by atoms with E-state index in [4.69, 9.17) is 0 Å². The zero-order valence-corrected chi connectivity index (χ0v) is 11.7. The first kappa shape index (κ1) is 13.5. The zero-order chi connectivity index (χ0) is 14.7. The standard InChI is InChI=1S/C16H17N3O2/c20-16(21)13-10-11-4-3-6-14(11)19-15(13)18-9-7-12-5-1-2-8-17-12/h1-2,5,8,10H,3-4,6-7,9H2,(H,18,19)(H,20,21). The summed E-state index contributed by atoms with van der Waals surface area (Å²) >= 11 is 0. The molecule has 0 fully saturated rings. The van der Waals surface area contributed by atoms with Crippen LogP contribution < -0.4 is 5.32 Å². The van der Waals surface area contributed by atoms with Crippen LogP contribution in [-0.2, 0) is 19.3 Å². The van der Waals surface area contributed by atoms with Crippen LogP contribution >= 0.6 is 0 Å². The van der Waals surface area contributed by atoms with Crippen molar-refractivity contribution >= 4 is 11.8 Å². The quantitative estimate of drug-likeness (QED) is 0.880. The molecule has 0 radical (unpaired) electrons. The number of carboxylic acid groups (broad SMARTS) is 1. The number of rotatable bonds is 5. The summed E-state index contributed by atoms with van der Waals surface area (Å²) in [5.41, 5.74) is 3.34. The van der Waals surface area contributed by atoms with Crippen molar-refractivity contribution in [2.45, 2.75) is 25.7 Å². The molecule has 0 spiro atoms. The van der Waals surface area contributed by atoms with E-state index >= 15 is 0 Å². The number of carboxylic acids is 1. The van der Waals surface area contributed by atoms with E-state index in [0.29, 0.717) is 12.4 Å². The lowest BCUT2D eigenvalue weighted by molar-refractivity contribution is 0.0697. The molecular weight excluding hydrogens is 266 g/mol. The molecule has 0 unspecified atom stereocenters. The number of aryl methyl sites for hydroxylation is 2. The number of aromatic nitrogens is 2. The van der Waals surface area contributed by atoms with Crippen molar-refractivity contribution in [1.82, 2.24) is 9.97 Å². The van der Waals surface area contributed by atoms with Crippen molar-refractivity contribution in [2.75, 3.05) is 11.9 Å². The molecule has 0 aromatic carbocycles. The van der Waals surface area contributed by atoms with Crippen LogP contribution in [0.4, 0.5) is 5.82 Å². The van der Waals surface area contributed by atoms with E-state index < -0.39 is 5.97 Å². The van der Waals surface area contributed by atoms with Gasteiger partial charge in [0.1, 0.15) is 11.4 Å². The number of nitrogens with zero attached hydrogens (tertiary/aromatic N) is 2. The van der Waals surface area contributed by atoms with Gasteiger partial charge >= 0.3 is 5.97 Å². The highest BCUT2D eigenvalue weighted by Crippen LogP contribution is 2.25. The highest BCUT2D eigenvalue weighted by atomic mass is 16.4. The van der Waals surface area contributed by atoms with Gasteiger partial charge in [0.15, 0.2) is 0 Å². The Hall–Kier alpha value is -2.43. The topological polar surface area (TPSA) is 75.1 Å². The molecule has 0 atom stereocenters. The summed E-state index contributed by atoms with van der Waals surface area (Å²) in [5.74, 6) is -0.461. The van der Waals surface area contributed by atoms with Gasteiger partial charge in [-0.25, -0.2) is 9.78 Å². The van der Waals surface area contributed by atoms with Crippen LogP contribution in [-0.4, -0.2) is 27.6 Å². The Morgan fingerprint density at radius 2 is 2.24 bits per heavy atom. The van der Waals surface area contributed by atoms with Gasteiger partial charge < -0.3 is 10.4 Å². The number of carbonyl (C=O) groups is 1. The summed E-state index contributed by atoms with van der Waals surface area (Å²) in [6.45, 7) is 0.614. The summed E-state index contributed by atoms with van der Waals surface area (Å²) < 4.78 is 0. The third kappa shape index (κ3) is 3.02. The van der Waals surface area contributed by atoms with Crippen molar-refractivity contribution in [3.8, 4) is 0 Å². The lowest BCUT2D eigenvalue weighted by Crippen LogP contribution is -2.13. The fraction of sp³-hybridized carbons (Fsp3) is 0.312. The van der Waals surface area contributed by atoms with E-state index in [0.717, 1.165) is 42.6 Å². The third-order valence-corrected chi connectivity index (χ3v) is 3.68. The first-order valence-corrected chi connectivity index (χ1v) is 7.14. The minimum absolute atomic E-state index is 0.261. The molecule has 3 rings (SSSR count). The molecule has 0 saturated heterocycles. The molecule has 2 aromatic heterocycles. The highest BCUT2D eigenvalue weighted by molar-refractivity contribution is 5.93. The van der Waals surface area contributed by atoms with Gasteiger partial charge in [-0.2, -0.15) is 0 Å². The van der Waals surface area contributed by atoms with Crippen molar-refractivity contribution in [1.29, 1.82) is 0 Å². The average Bonchev–Trinajstić information content (AvgIpc) is 2.94. The zero-order valence-electron chi connectivity index (χ0n) is 11.7. The van der Waals surface area contributed by atoms with Gasteiger partial charge in [0, 0.05) is 30.6 Å². The molecule has 2 heterocycles. The summed E-state index contributed by atoms with van der Waals surface area (Å²) in [6, 6.07) is 7.54. The van der Waals surface area contributed by atoms with Crippen LogP contribution in [0.1, 0.15) is 33.7 Å². The maximum absolute atomic E-state index is 11.4. The normalized spacial score (nSPS) is 13.0. The van der Waals surface area contributed by atoms with Crippen molar-refractivity contribution in [3.63, 3.8) is 0 Å². The van der Waals surface area contributed by atoms with E-state index in [9.17, 15) is 9.90 Å². The van der Waals surface area contributed by atoms with Crippen LogP contribution in [0.5, 0.6) is 0 Å². The van der Waals surface area contributed by atoms with Gasteiger partial charge in [-0.05, 0) is 43.0 Å². The van der Waals surface area contributed by atoms with Crippen molar-refractivity contribution in [2.24, 2.45) is 0 Å². The Morgan fingerprint density at radius 3 is 3.00 bits per heavy atom. The van der Waals surface area contributed by atoms with E-state index in [1.807, 2.05) is 18.2 Å². The van der Waals surface area contributed by atoms with Crippen LogP contribution in [0.3, 0.4) is 0 Å². The lowest BCUT2D eigenvalue weighted by atomic mass is 10.1. The Kier molecular flexibility index (Phi) is 3.81. The van der Waals surface area contributed by atoms with Crippen LogP contribution in [0.2, 0.25) is 0 Å². The SMILES string of the molecule is O=C(O)c1cc2c(nc1NCCc1ccccn1)CCC2. The Morgan fingerprint density at radius 1 is 1.33 bits per heavy atom. The minimum Gasteiger partial charge on any atom is -0.478 e. The third-order valence-electron chi connectivity index (χ3n) is 3.68. The van der Waals surface area contributed by atoms with Crippen LogP contribution in [0.25, 0.3) is 0 Å². The first-order chi connectivity index (χ1) is 10.2. The predicted molar refractivity (Wildman–Crippen MR) is 79.7 cm³/mol. The maximum atomic E-state index is 11.4. The van der Waals surface area contributed by atoms with E-state index in [-0.39, 0.29) is 5.56 Å². The van der Waals surface area contributed by atoms with Gasteiger partial charge in [-0.1, -0.05) is 6.07 Å². The molecule has 0 aliphatic heterocycles. The molecule has 0 saturated carbocycles. The number of hydrogen-bond donors (Lipinski definition) is 2. The first-order valence-electron chi connectivity index (χ1n) is 7.14. The monoisotopic (exact) mass is 283 g/mol. The molecule has 5 heteroatoms. The van der Waals surface area contributed by atoms with Crippen LogP contribution in [0.15, 0.2) is 30.5 Å². The summed E-state index contributed by atoms with van der Waals surface area (Å²) in [5, 5.41) is 12.5. The highest BCUT2D eigenvalue weighted by Gasteiger charge is 2.19. The molecule has 21 heavy (non-hydrogen) atoms. The smallest absolute Gasteiger partial charge is 0.339 e. The maximum Gasteiger partial charge on any atom is 0.339 e. The lowest BCUT2D eigenvalue weighted by Gasteiger charge is -2.11. The van der Waals surface area contributed by atoms with Crippen LogP contribution in [0, 0.1) is 0 Å². The molecule has 1 aliphatic rings. The van der Waals surface area contributed by atoms with Gasteiger partial charge in [-0.3, -0.25) is 4.98 Å². The van der Waals surface area contributed by atoms with Crippen molar-refractivity contribution < 1.29 is 9.90 Å². The molecule has 1 aliphatic carbocycles.